The molecule has 0 saturated heterocycles. The van der Waals surface area contributed by atoms with Gasteiger partial charge in [-0.25, -0.2) is 0 Å². The second-order valence-corrected chi connectivity index (χ2v) is 19.5. The molecule has 0 aromatic rings. The highest BCUT2D eigenvalue weighted by atomic mass is 16.6. The zero-order chi connectivity index (χ0) is 50.0. The maximum atomic E-state index is 12.7. The third-order valence-corrected chi connectivity index (χ3v) is 12.7. The van der Waals surface area contributed by atoms with Gasteiger partial charge in [0.05, 0.1) is 0 Å². The normalized spacial score (nSPS) is 12.6. The quantitative estimate of drug-likeness (QED) is 0.0262. The van der Waals surface area contributed by atoms with Crippen LogP contribution in [0.2, 0.25) is 0 Å². The maximum absolute atomic E-state index is 12.7. The van der Waals surface area contributed by atoms with E-state index in [0.29, 0.717) is 19.3 Å². The van der Waals surface area contributed by atoms with Crippen molar-refractivity contribution in [2.75, 3.05) is 13.2 Å². The van der Waals surface area contributed by atoms with Gasteiger partial charge >= 0.3 is 17.9 Å². The molecule has 0 aromatic carbocycles. The van der Waals surface area contributed by atoms with Crippen LogP contribution in [0.15, 0.2) is 72.9 Å². The second-order valence-electron chi connectivity index (χ2n) is 19.5. The first-order valence-electron chi connectivity index (χ1n) is 29.4. The number of ether oxygens (including phenoxy) is 3. The molecule has 0 aliphatic rings. The van der Waals surface area contributed by atoms with Gasteiger partial charge < -0.3 is 14.2 Å². The first-order valence-corrected chi connectivity index (χ1v) is 29.4. The number of unbranched alkanes of at least 4 members (excludes halogenated alkanes) is 30. The molecule has 0 N–H and O–H groups in total. The molecule has 0 spiro atoms. The van der Waals surface area contributed by atoms with Crippen LogP contribution in [-0.2, 0) is 28.6 Å². The van der Waals surface area contributed by atoms with Crippen LogP contribution in [0.25, 0.3) is 0 Å². The largest absolute Gasteiger partial charge is 0.462 e. The van der Waals surface area contributed by atoms with Gasteiger partial charge in [0.1, 0.15) is 13.2 Å². The summed E-state index contributed by atoms with van der Waals surface area (Å²) in [5.74, 6) is -0.872. The SMILES string of the molecule is CC/C=C\C/C=C\C/C=C\C/C=C\C/C=C\C/C=C\CCCCCCCCCCCCCCCCC(=O)OCC(COC(=O)CCCCCCCC)OC(=O)CCCCCCCCCCCCCC. The molecule has 69 heavy (non-hydrogen) atoms. The Kier molecular flexibility index (Phi) is 54.8. The van der Waals surface area contributed by atoms with Crippen LogP contribution >= 0.6 is 0 Å². The minimum atomic E-state index is -0.767. The summed E-state index contributed by atoms with van der Waals surface area (Å²) in [6, 6.07) is 0. The van der Waals surface area contributed by atoms with E-state index < -0.39 is 6.10 Å². The van der Waals surface area contributed by atoms with Gasteiger partial charge in [0, 0.05) is 19.3 Å². The van der Waals surface area contributed by atoms with Crippen LogP contribution in [0.5, 0.6) is 0 Å². The summed E-state index contributed by atoms with van der Waals surface area (Å²) in [4.78, 5) is 37.8. The van der Waals surface area contributed by atoms with Crippen molar-refractivity contribution in [2.45, 2.75) is 297 Å². The van der Waals surface area contributed by atoms with Gasteiger partial charge in [0.25, 0.3) is 0 Å². The highest BCUT2D eigenvalue weighted by molar-refractivity contribution is 5.71. The van der Waals surface area contributed by atoms with E-state index in [-0.39, 0.29) is 31.1 Å². The van der Waals surface area contributed by atoms with E-state index in [4.69, 9.17) is 14.2 Å². The molecule has 1 atom stereocenters. The molecule has 0 aliphatic carbocycles. The Balaban J connectivity index is 3.97. The molecule has 0 bridgehead atoms. The monoisotopic (exact) mass is 963 g/mol. The molecule has 6 nitrogen and oxygen atoms in total. The van der Waals surface area contributed by atoms with Crippen LogP contribution < -0.4 is 0 Å². The van der Waals surface area contributed by atoms with Crippen LogP contribution in [0.1, 0.15) is 290 Å². The number of hydrogen-bond acceptors (Lipinski definition) is 6. The maximum Gasteiger partial charge on any atom is 0.306 e. The molecule has 0 heterocycles. The molecular formula is C63H110O6. The summed E-state index contributed by atoms with van der Waals surface area (Å²) < 4.78 is 16.7. The van der Waals surface area contributed by atoms with Crippen LogP contribution in [0, 0.1) is 0 Å². The van der Waals surface area contributed by atoms with E-state index in [1.165, 1.54) is 154 Å². The first kappa shape index (κ1) is 65.8. The van der Waals surface area contributed by atoms with Crippen molar-refractivity contribution in [3.8, 4) is 0 Å². The molecular weight excluding hydrogens is 853 g/mol. The Labute approximate surface area is 427 Å². The standard InChI is InChI=1S/C63H110O6/c1-4-7-10-13-16-18-20-22-23-24-25-26-27-28-29-30-31-32-33-34-35-36-37-38-39-40-41-42-44-45-47-50-53-56-62(65)68-59-60(58-67-61(64)55-52-49-15-12-9-6-3)69-63(66)57-54-51-48-46-43-21-19-17-14-11-8-5-2/h7,10,16,18,22-23,25-26,28-29,31-32,60H,4-6,8-9,11-15,17,19-21,24,27,30,33-59H2,1-3H3/b10-7-,18-16-,23-22-,26-25-,29-28-,32-31-. The topological polar surface area (TPSA) is 78.9 Å². The molecule has 0 rings (SSSR count). The van der Waals surface area contributed by atoms with E-state index in [1.54, 1.807) is 0 Å². The van der Waals surface area contributed by atoms with Crippen molar-refractivity contribution in [3.05, 3.63) is 72.9 Å². The molecule has 0 amide bonds. The van der Waals surface area contributed by atoms with Crippen molar-refractivity contribution in [2.24, 2.45) is 0 Å². The van der Waals surface area contributed by atoms with Gasteiger partial charge in [-0.05, 0) is 70.6 Å². The van der Waals surface area contributed by atoms with Crippen LogP contribution in [0.3, 0.4) is 0 Å². The summed E-state index contributed by atoms with van der Waals surface area (Å²) in [5.41, 5.74) is 0. The van der Waals surface area contributed by atoms with Crippen LogP contribution in [0.4, 0.5) is 0 Å². The van der Waals surface area contributed by atoms with Crippen molar-refractivity contribution < 1.29 is 28.6 Å². The van der Waals surface area contributed by atoms with Gasteiger partial charge in [-0.1, -0.05) is 273 Å². The molecule has 398 valence electrons. The Bertz CT molecular complexity index is 1290. The lowest BCUT2D eigenvalue weighted by atomic mass is 10.0. The molecule has 1 unspecified atom stereocenters. The summed E-state index contributed by atoms with van der Waals surface area (Å²) in [6.45, 7) is 6.48. The van der Waals surface area contributed by atoms with E-state index >= 15 is 0 Å². The Morgan fingerprint density at radius 1 is 0.304 bits per heavy atom. The number of esters is 3. The molecule has 0 fully saturated rings. The number of carbonyl (C=O) groups excluding carboxylic acids is 3. The van der Waals surface area contributed by atoms with E-state index in [0.717, 1.165) is 96.3 Å². The number of hydrogen-bond donors (Lipinski definition) is 0. The van der Waals surface area contributed by atoms with Gasteiger partial charge in [-0.2, -0.15) is 0 Å². The van der Waals surface area contributed by atoms with Crippen molar-refractivity contribution >= 4 is 17.9 Å². The zero-order valence-corrected chi connectivity index (χ0v) is 45.6. The fourth-order valence-electron chi connectivity index (χ4n) is 8.33. The minimum absolute atomic E-state index is 0.0710. The predicted octanol–water partition coefficient (Wildman–Crippen LogP) is 19.8. The Morgan fingerprint density at radius 3 is 0.884 bits per heavy atom. The van der Waals surface area contributed by atoms with Gasteiger partial charge in [0.2, 0.25) is 0 Å². The summed E-state index contributed by atoms with van der Waals surface area (Å²) in [7, 11) is 0. The zero-order valence-electron chi connectivity index (χ0n) is 45.6. The predicted molar refractivity (Wildman–Crippen MR) is 298 cm³/mol. The summed E-state index contributed by atoms with van der Waals surface area (Å²) in [5, 5.41) is 0. The lowest BCUT2D eigenvalue weighted by molar-refractivity contribution is -0.167. The average Bonchev–Trinajstić information content (AvgIpc) is 3.35. The third kappa shape index (κ3) is 55.6. The van der Waals surface area contributed by atoms with E-state index in [1.807, 2.05) is 0 Å². The lowest BCUT2D eigenvalue weighted by Crippen LogP contribution is -2.30. The Morgan fingerprint density at radius 2 is 0.565 bits per heavy atom. The van der Waals surface area contributed by atoms with E-state index in [2.05, 4.69) is 93.7 Å². The summed E-state index contributed by atoms with van der Waals surface area (Å²) in [6.07, 6.45) is 73.7. The van der Waals surface area contributed by atoms with Gasteiger partial charge in [-0.15, -0.1) is 0 Å². The van der Waals surface area contributed by atoms with Gasteiger partial charge in [0.15, 0.2) is 6.10 Å². The number of rotatable bonds is 53. The first-order chi connectivity index (χ1) is 34.0. The molecule has 0 aromatic heterocycles. The third-order valence-electron chi connectivity index (χ3n) is 12.7. The number of allylic oxidation sites excluding steroid dienone is 12. The Hall–Kier alpha value is -3.15. The average molecular weight is 964 g/mol. The smallest absolute Gasteiger partial charge is 0.306 e. The van der Waals surface area contributed by atoms with E-state index in [9.17, 15) is 14.4 Å². The molecule has 6 heteroatoms. The highest BCUT2D eigenvalue weighted by Crippen LogP contribution is 2.16. The summed E-state index contributed by atoms with van der Waals surface area (Å²) >= 11 is 0. The molecule has 0 aliphatic heterocycles. The van der Waals surface area contributed by atoms with Crippen molar-refractivity contribution in [3.63, 3.8) is 0 Å². The van der Waals surface area contributed by atoms with Crippen molar-refractivity contribution in [1.82, 2.24) is 0 Å². The van der Waals surface area contributed by atoms with Crippen molar-refractivity contribution in [1.29, 1.82) is 0 Å². The highest BCUT2D eigenvalue weighted by Gasteiger charge is 2.19. The fraction of sp³-hybridized carbons (Fsp3) is 0.762. The second kappa shape index (κ2) is 57.4. The lowest BCUT2D eigenvalue weighted by Gasteiger charge is -2.18. The molecule has 0 saturated carbocycles. The molecule has 0 radical (unpaired) electrons. The van der Waals surface area contributed by atoms with Gasteiger partial charge in [-0.3, -0.25) is 14.4 Å². The minimum Gasteiger partial charge on any atom is -0.462 e. The fourth-order valence-corrected chi connectivity index (χ4v) is 8.33. The van der Waals surface area contributed by atoms with Crippen LogP contribution in [-0.4, -0.2) is 37.2 Å². The number of carbonyl (C=O) groups is 3.